The van der Waals surface area contributed by atoms with E-state index in [9.17, 15) is 9.59 Å². The maximum atomic E-state index is 11.7. The number of nitrogens with zero attached hydrogens (tertiary/aromatic N) is 2. The molecule has 0 spiro atoms. The second kappa shape index (κ2) is 6.24. The predicted molar refractivity (Wildman–Crippen MR) is 72.7 cm³/mol. The summed E-state index contributed by atoms with van der Waals surface area (Å²) in [5.41, 5.74) is 3.28. The van der Waals surface area contributed by atoms with Crippen LogP contribution in [0.2, 0.25) is 0 Å². The van der Waals surface area contributed by atoms with Crippen LogP contribution in [-0.4, -0.2) is 28.2 Å². The van der Waals surface area contributed by atoms with Crippen molar-refractivity contribution in [2.45, 2.75) is 0 Å². The fourth-order valence-electron chi connectivity index (χ4n) is 1.53. The van der Waals surface area contributed by atoms with Crippen molar-refractivity contribution < 1.29 is 14.7 Å². The number of amides is 1. The van der Waals surface area contributed by atoms with Gasteiger partial charge in [0.25, 0.3) is 5.91 Å². The van der Waals surface area contributed by atoms with Crippen LogP contribution in [0.3, 0.4) is 0 Å². The molecule has 0 aliphatic heterocycles. The lowest BCUT2D eigenvalue weighted by atomic mass is 10.1. The van der Waals surface area contributed by atoms with Crippen molar-refractivity contribution in [2.24, 2.45) is 5.10 Å². The maximum absolute atomic E-state index is 11.7. The molecule has 20 heavy (non-hydrogen) atoms. The summed E-state index contributed by atoms with van der Waals surface area (Å²) >= 11 is 0. The molecule has 6 nitrogen and oxygen atoms in total. The number of hydrogen-bond donors (Lipinski definition) is 2. The van der Waals surface area contributed by atoms with Crippen molar-refractivity contribution in [1.82, 2.24) is 10.4 Å². The van der Waals surface area contributed by atoms with Crippen LogP contribution >= 0.6 is 0 Å². The van der Waals surface area contributed by atoms with E-state index in [0.29, 0.717) is 11.1 Å². The van der Waals surface area contributed by atoms with Crippen LogP contribution in [0.1, 0.15) is 26.3 Å². The van der Waals surface area contributed by atoms with Gasteiger partial charge in [-0.25, -0.2) is 10.2 Å². The summed E-state index contributed by atoms with van der Waals surface area (Å²) in [6.07, 6.45) is 4.29. The molecule has 1 amide bonds. The average Bonchev–Trinajstić information content (AvgIpc) is 2.48. The first kappa shape index (κ1) is 13.4. The van der Waals surface area contributed by atoms with Crippen molar-refractivity contribution in [2.75, 3.05) is 0 Å². The van der Waals surface area contributed by atoms with Gasteiger partial charge in [-0.15, -0.1) is 0 Å². The van der Waals surface area contributed by atoms with E-state index in [0.717, 1.165) is 0 Å². The van der Waals surface area contributed by atoms with Gasteiger partial charge in [-0.2, -0.15) is 5.10 Å². The van der Waals surface area contributed by atoms with Crippen molar-refractivity contribution in [3.05, 3.63) is 65.5 Å². The Labute approximate surface area is 114 Å². The number of carbonyl (C=O) groups excluding carboxylic acids is 1. The van der Waals surface area contributed by atoms with Gasteiger partial charge < -0.3 is 5.11 Å². The molecule has 2 aromatic rings. The van der Waals surface area contributed by atoms with Gasteiger partial charge in [-0.05, 0) is 18.2 Å². The fourth-order valence-corrected chi connectivity index (χ4v) is 1.53. The summed E-state index contributed by atoms with van der Waals surface area (Å²) in [4.78, 5) is 26.5. The number of carboxylic acid groups (broad SMARTS) is 1. The first-order valence-corrected chi connectivity index (χ1v) is 5.74. The fraction of sp³-hybridized carbons (Fsp3) is 0. The zero-order chi connectivity index (χ0) is 14.4. The number of aromatic carboxylic acids is 1. The molecule has 0 saturated carbocycles. The van der Waals surface area contributed by atoms with Crippen LogP contribution in [0.15, 0.2) is 53.9 Å². The Morgan fingerprint density at radius 2 is 1.85 bits per heavy atom. The minimum absolute atomic E-state index is 0.120. The molecule has 0 aliphatic carbocycles. The molecule has 0 aliphatic rings. The van der Waals surface area contributed by atoms with E-state index < -0.39 is 11.9 Å². The Morgan fingerprint density at radius 1 is 1.15 bits per heavy atom. The van der Waals surface area contributed by atoms with Crippen LogP contribution in [-0.2, 0) is 0 Å². The Morgan fingerprint density at radius 3 is 2.55 bits per heavy atom. The highest BCUT2D eigenvalue weighted by molar-refractivity contribution is 5.99. The highest BCUT2D eigenvalue weighted by Gasteiger charge is 2.07. The van der Waals surface area contributed by atoms with Crippen LogP contribution in [0.4, 0.5) is 0 Å². The van der Waals surface area contributed by atoms with E-state index >= 15 is 0 Å². The second-order valence-corrected chi connectivity index (χ2v) is 3.83. The predicted octanol–water partition coefficient (Wildman–Crippen LogP) is 1.54. The average molecular weight is 269 g/mol. The van der Waals surface area contributed by atoms with Gasteiger partial charge in [0.2, 0.25) is 0 Å². The topological polar surface area (TPSA) is 91.7 Å². The summed E-state index contributed by atoms with van der Waals surface area (Å²) in [7, 11) is 0. The van der Waals surface area contributed by atoms with Crippen LogP contribution in [0.5, 0.6) is 0 Å². The maximum Gasteiger partial charge on any atom is 0.336 e. The number of nitrogens with one attached hydrogen (secondary N) is 1. The molecular weight excluding hydrogens is 258 g/mol. The van der Waals surface area contributed by atoms with Crippen LogP contribution < -0.4 is 5.43 Å². The third-order valence-corrected chi connectivity index (χ3v) is 2.50. The summed E-state index contributed by atoms with van der Waals surface area (Å²) in [5, 5.41) is 12.7. The molecule has 0 radical (unpaired) electrons. The van der Waals surface area contributed by atoms with Crippen LogP contribution in [0.25, 0.3) is 0 Å². The molecular formula is C14H11N3O3. The monoisotopic (exact) mass is 269 g/mol. The normalized spacial score (nSPS) is 10.4. The van der Waals surface area contributed by atoms with Crippen molar-refractivity contribution in [3.63, 3.8) is 0 Å². The molecule has 6 heteroatoms. The Bertz CT molecular complexity index is 654. The van der Waals surface area contributed by atoms with Gasteiger partial charge in [0, 0.05) is 23.5 Å². The molecule has 1 aromatic carbocycles. The number of aromatic nitrogens is 1. The molecule has 2 N–H and O–H groups in total. The minimum Gasteiger partial charge on any atom is -0.478 e. The molecule has 0 bridgehead atoms. The smallest absolute Gasteiger partial charge is 0.336 e. The van der Waals surface area contributed by atoms with Crippen LogP contribution in [0, 0.1) is 0 Å². The third kappa shape index (κ3) is 3.26. The van der Waals surface area contributed by atoms with Gasteiger partial charge in [0.15, 0.2) is 0 Å². The lowest BCUT2D eigenvalue weighted by Gasteiger charge is -2.01. The zero-order valence-electron chi connectivity index (χ0n) is 10.4. The van der Waals surface area contributed by atoms with Crippen molar-refractivity contribution in [1.29, 1.82) is 0 Å². The largest absolute Gasteiger partial charge is 0.478 e. The molecule has 0 fully saturated rings. The number of hydrogen-bond acceptors (Lipinski definition) is 4. The van der Waals surface area contributed by atoms with Gasteiger partial charge in [0.05, 0.1) is 11.8 Å². The number of rotatable bonds is 4. The highest BCUT2D eigenvalue weighted by atomic mass is 16.4. The van der Waals surface area contributed by atoms with E-state index in [1.165, 1.54) is 24.7 Å². The quantitative estimate of drug-likeness (QED) is 0.650. The number of pyridine rings is 1. The van der Waals surface area contributed by atoms with E-state index in [4.69, 9.17) is 5.11 Å². The van der Waals surface area contributed by atoms with Crippen molar-refractivity contribution >= 4 is 18.1 Å². The summed E-state index contributed by atoms with van der Waals surface area (Å²) in [5.74, 6) is -1.44. The standard InChI is InChI=1S/C14H11N3O3/c18-13(10-5-7-15-8-6-10)17-16-9-11-3-1-2-4-12(11)14(19)20/h1-9H,(H,17,18)(H,19,20)/b16-9+. The first-order chi connectivity index (χ1) is 9.68. The summed E-state index contributed by atoms with van der Waals surface area (Å²) < 4.78 is 0. The summed E-state index contributed by atoms with van der Waals surface area (Å²) in [6, 6.07) is 9.49. The molecule has 2 rings (SSSR count). The Kier molecular flexibility index (Phi) is 4.18. The lowest BCUT2D eigenvalue weighted by molar-refractivity contribution is 0.0696. The Balaban J connectivity index is 2.08. The number of hydrazone groups is 1. The van der Waals surface area contributed by atoms with Crippen molar-refractivity contribution in [3.8, 4) is 0 Å². The molecule has 0 atom stereocenters. The molecule has 0 saturated heterocycles. The van der Waals surface area contributed by atoms with Gasteiger partial charge >= 0.3 is 5.97 Å². The van der Waals surface area contributed by atoms with E-state index in [-0.39, 0.29) is 5.56 Å². The third-order valence-electron chi connectivity index (χ3n) is 2.50. The molecule has 1 heterocycles. The molecule has 1 aromatic heterocycles. The number of benzene rings is 1. The van der Waals surface area contributed by atoms with Gasteiger partial charge in [-0.3, -0.25) is 9.78 Å². The highest BCUT2D eigenvalue weighted by Crippen LogP contribution is 2.05. The number of carboxylic acids is 1. The zero-order valence-corrected chi connectivity index (χ0v) is 10.4. The first-order valence-electron chi connectivity index (χ1n) is 5.74. The van der Waals surface area contributed by atoms with E-state index in [2.05, 4.69) is 15.5 Å². The van der Waals surface area contributed by atoms with E-state index in [1.807, 2.05) is 0 Å². The van der Waals surface area contributed by atoms with E-state index in [1.54, 1.807) is 30.3 Å². The SMILES string of the molecule is O=C(N/N=C/c1ccccc1C(=O)O)c1ccncc1. The second-order valence-electron chi connectivity index (χ2n) is 3.83. The van der Waals surface area contributed by atoms with Gasteiger partial charge in [0.1, 0.15) is 0 Å². The minimum atomic E-state index is -1.05. The Hall–Kier alpha value is -3.02. The lowest BCUT2D eigenvalue weighted by Crippen LogP contribution is -2.17. The summed E-state index contributed by atoms with van der Waals surface area (Å²) in [6.45, 7) is 0. The molecule has 0 unspecified atom stereocenters. The molecule has 100 valence electrons. The number of carbonyl (C=O) groups is 2. The van der Waals surface area contributed by atoms with Gasteiger partial charge in [-0.1, -0.05) is 18.2 Å².